The molecule has 2 heterocycles. The third-order valence-corrected chi connectivity index (χ3v) is 6.23. The van der Waals surface area contributed by atoms with Crippen LogP contribution in [0.2, 0.25) is 0 Å². The van der Waals surface area contributed by atoms with Gasteiger partial charge in [0.1, 0.15) is 0 Å². The van der Waals surface area contributed by atoms with E-state index in [1.54, 1.807) is 0 Å². The summed E-state index contributed by atoms with van der Waals surface area (Å²) in [6, 6.07) is 36.5. The van der Waals surface area contributed by atoms with Crippen LogP contribution >= 0.6 is 0 Å². The molecule has 33 heavy (non-hydrogen) atoms. The highest BCUT2D eigenvalue weighted by Gasteiger charge is 2.08. The molecule has 0 bridgehead atoms. The number of fused-ring (bicyclic) bond motifs is 2. The van der Waals surface area contributed by atoms with E-state index in [4.69, 9.17) is 4.98 Å². The molecule has 0 amide bonds. The van der Waals surface area contributed by atoms with Gasteiger partial charge in [0, 0.05) is 28.9 Å². The Morgan fingerprint density at radius 1 is 0.515 bits per heavy atom. The Labute approximate surface area is 193 Å². The summed E-state index contributed by atoms with van der Waals surface area (Å²) in [6.45, 7) is 2.12. The van der Waals surface area contributed by atoms with Gasteiger partial charge in [-0.3, -0.25) is 9.97 Å². The van der Waals surface area contributed by atoms with Crippen LogP contribution in [0, 0.1) is 6.92 Å². The molecular formula is C31H22N2. The van der Waals surface area contributed by atoms with Crippen LogP contribution in [-0.4, -0.2) is 9.97 Å². The second kappa shape index (κ2) is 7.99. The molecule has 2 nitrogen and oxygen atoms in total. The van der Waals surface area contributed by atoms with Gasteiger partial charge >= 0.3 is 0 Å². The lowest BCUT2D eigenvalue weighted by molar-refractivity contribution is 1.32. The maximum atomic E-state index is 4.78. The lowest BCUT2D eigenvalue weighted by Gasteiger charge is -2.09. The Hall–Kier alpha value is -4.30. The second-order valence-electron chi connectivity index (χ2n) is 8.46. The Morgan fingerprint density at radius 2 is 1.18 bits per heavy atom. The summed E-state index contributed by atoms with van der Waals surface area (Å²) >= 11 is 0. The van der Waals surface area contributed by atoms with E-state index in [0.717, 1.165) is 27.7 Å². The lowest BCUT2D eigenvalue weighted by atomic mass is 9.97. The fourth-order valence-electron chi connectivity index (χ4n) is 4.39. The zero-order valence-corrected chi connectivity index (χ0v) is 18.4. The number of hydrogen-bond donors (Lipinski definition) is 0. The Balaban J connectivity index is 1.33. The van der Waals surface area contributed by atoms with Gasteiger partial charge in [-0.05, 0) is 58.7 Å². The van der Waals surface area contributed by atoms with E-state index >= 15 is 0 Å². The van der Waals surface area contributed by atoms with Gasteiger partial charge < -0.3 is 0 Å². The van der Waals surface area contributed by atoms with Crippen molar-refractivity contribution in [3.05, 3.63) is 121 Å². The molecule has 4 aromatic carbocycles. The number of para-hydroxylation sites is 1. The van der Waals surface area contributed by atoms with Gasteiger partial charge in [-0.2, -0.15) is 0 Å². The third-order valence-electron chi connectivity index (χ3n) is 6.23. The highest BCUT2D eigenvalue weighted by Crippen LogP contribution is 2.30. The van der Waals surface area contributed by atoms with Crippen LogP contribution in [0.1, 0.15) is 5.56 Å². The minimum absolute atomic E-state index is 0.937. The average Bonchev–Trinajstić information content (AvgIpc) is 2.88. The lowest BCUT2D eigenvalue weighted by Crippen LogP contribution is -1.88. The Bertz CT molecular complexity index is 1590. The zero-order valence-electron chi connectivity index (χ0n) is 18.4. The van der Waals surface area contributed by atoms with Gasteiger partial charge in [0.25, 0.3) is 0 Å². The number of pyridine rings is 2. The molecule has 0 spiro atoms. The van der Waals surface area contributed by atoms with Gasteiger partial charge in [0.2, 0.25) is 0 Å². The maximum absolute atomic E-state index is 4.78. The van der Waals surface area contributed by atoms with Crippen molar-refractivity contribution in [2.45, 2.75) is 6.92 Å². The van der Waals surface area contributed by atoms with Gasteiger partial charge in [-0.1, -0.05) is 84.4 Å². The van der Waals surface area contributed by atoms with E-state index in [9.17, 15) is 0 Å². The van der Waals surface area contributed by atoms with E-state index in [-0.39, 0.29) is 0 Å². The van der Waals surface area contributed by atoms with Crippen molar-refractivity contribution in [3.63, 3.8) is 0 Å². The molecule has 0 atom stereocenters. The van der Waals surface area contributed by atoms with Gasteiger partial charge in [-0.25, -0.2) is 0 Å². The van der Waals surface area contributed by atoms with Crippen molar-refractivity contribution in [2.75, 3.05) is 0 Å². The summed E-state index contributed by atoms with van der Waals surface area (Å²) in [4.78, 5) is 9.34. The zero-order chi connectivity index (χ0) is 22.2. The maximum Gasteiger partial charge on any atom is 0.0795 e. The fraction of sp³-hybridized carbons (Fsp3) is 0.0323. The first-order chi connectivity index (χ1) is 16.2. The Morgan fingerprint density at radius 3 is 1.91 bits per heavy atom. The fourth-order valence-corrected chi connectivity index (χ4v) is 4.39. The molecule has 156 valence electrons. The van der Waals surface area contributed by atoms with Crippen molar-refractivity contribution in [3.8, 4) is 33.5 Å². The van der Waals surface area contributed by atoms with Crippen molar-refractivity contribution < 1.29 is 0 Å². The van der Waals surface area contributed by atoms with Gasteiger partial charge in [0.05, 0.1) is 11.2 Å². The van der Waals surface area contributed by atoms with Crippen LogP contribution in [0.25, 0.3) is 55.2 Å². The monoisotopic (exact) mass is 422 g/mol. The smallest absolute Gasteiger partial charge is 0.0795 e. The van der Waals surface area contributed by atoms with E-state index in [0.29, 0.717) is 0 Å². The first-order valence-electron chi connectivity index (χ1n) is 11.2. The summed E-state index contributed by atoms with van der Waals surface area (Å²) in [5.74, 6) is 0. The van der Waals surface area contributed by atoms with Gasteiger partial charge in [0.15, 0.2) is 0 Å². The molecule has 0 aliphatic rings. The average molecular weight is 423 g/mol. The molecule has 2 heteroatoms. The van der Waals surface area contributed by atoms with Crippen LogP contribution in [0.3, 0.4) is 0 Å². The molecule has 0 unspecified atom stereocenters. The van der Waals surface area contributed by atoms with Crippen molar-refractivity contribution >= 4 is 21.7 Å². The van der Waals surface area contributed by atoms with E-state index in [1.165, 1.54) is 33.0 Å². The summed E-state index contributed by atoms with van der Waals surface area (Å²) in [5, 5.41) is 3.59. The van der Waals surface area contributed by atoms with Crippen molar-refractivity contribution in [2.24, 2.45) is 0 Å². The normalized spacial score (nSPS) is 11.2. The summed E-state index contributed by atoms with van der Waals surface area (Å²) in [6.07, 6.45) is 3.79. The van der Waals surface area contributed by atoms with Crippen LogP contribution in [0.15, 0.2) is 116 Å². The summed E-state index contributed by atoms with van der Waals surface area (Å²) in [5.41, 5.74) is 9.01. The molecular weight excluding hydrogens is 400 g/mol. The predicted molar refractivity (Wildman–Crippen MR) is 138 cm³/mol. The molecule has 0 radical (unpaired) electrons. The van der Waals surface area contributed by atoms with Crippen LogP contribution in [0.5, 0.6) is 0 Å². The van der Waals surface area contributed by atoms with Crippen LogP contribution < -0.4 is 0 Å². The molecule has 0 fully saturated rings. The minimum Gasteiger partial charge on any atom is -0.256 e. The molecule has 6 aromatic rings. The molecule has 2 aromatic heterocycles. The number of nitrogens with zero attached hydrogens (tertiary/aromatic N) is 2. The minimum atomic E-state index is 0.937. The summed E-state index contributed by atoms with van der Waals surface area (Å²) < 4.78 is 0. The summed E-state index contributed by atoms with van der Waals surface area (Å²) in [7, 11) is 0. The topological polar surface area (TPSA) is 25.8 Å². The number of rotatable bonds is 3. The first kappa shape index (κ1) is 19.4. The van der Waals surface area contributed by atoms with E-state index in [2.05, 4.69) is 109 Å². The largest absolute Gasteiger partial charge is 0.256 e. The molecule has 0 N–H and O–H groups in total. The number of aryl methyl sites for hydroxylation is 1. The molecule has 0 saturated carbocycles. The number of hydrogen-bond acceptors (Lipinski definition) is 2. The van der Waals surface area contributed by atoms with Crippen molar-refractivity contribution in [1.82, 2.24) is 9.97 Å². The Kier molecular flexibility index (Phi) is 4.70. The quantitative estimate of drug-likeness (QED) is 0.288. The van der Waals surface area contributed by atoms with E-state index < -0.39 is 0 Å². The molecule has 0 saturated heterocycles. The SMILES string of the molecule is Cc1ccc(-c2ccc3cc(-c4ccc(-c5cccc6cccnc56)nc4)ccc3c2)cc1. The highest BCUT2D eigenvalue weighted by molar-refractivity contribution is 5.93. The number of benzene rings is 4. The molecule has 0 aliphatic heterocycles. The molecule has 6 rings (SSSR count). The van der Waals surface area contributed by atoms with Crippen LogP contribution in [-0.2, 0) is 0 Å². The predicted octanol–water partition coefficient (Wildman–Crippen LogP) is 8.09. The third kappa shape index (κ3) is 3.66. The first-order valence-corrected chi connectivity index (χ1v) is 11.2. The highest BCUT2D eigenvalue weighted by atomic mass is 14.7. The molecule has 0 aliphatic carbocycles. The number of aromatic nitrogens is 2. The van der Waals surface area contributed by atoms with Gasteiger partial charge in [-0.15, -0.1) is 0 Å². The van der Waals surface area contributed by atoms with Crippen LogP contribution in [0.4, 0.5) is 0 Å². The van der Waals surface area contributed by atoms with Crippen molar-refractivity contribution in [1.29, 1.82) is 0 Å². The second-order valence-corrected chi connectivity index (χ2v) is 8.46. The standard InChI is InChI=1S/C31H22N2/c1-21-7-9-22(10-8-21)24-11-12-26-19-27(14-13-25(26)18-24)28-15-16-30(33-20-28)29-6-2-4-23-5-3-17-32-31(23)29/h2-20H,1H3. The van der Waals surface area contributed by atoms with E-state index in [1.807, 2.05) is 18.5 Å².